The predicted molar refractivity (Wildman–Crippen MR) is 81.7 cm³/mol. The molecule has 0 radical (unpaired) electrons. The van der Waals surface area contributed by atoms with Gasteiger partial charge >= 0.3 is 11.8 Å². The molecule has 1 saturated carbocycles. The Morgan fingerprint density at radius 3 is 2.65 bits per heavy atom. The summed E-state index contributed by atoms with van der Waals surface area (Å²) >= 11 is 0. The zero-order chi connectivity index (χ0) is 16.4. The number of hydrogen-bond acceptors (Lipinski definition) is 6. The Labute approximate surface area is 134 Å². The Hall–Kier alpha value is -2.22. The van der Waals surface area contributed by atoms with Crippen LogP contribution in [0.15, 0.2) is 33.7 Å². The number of nitrogens with one attached hydrogen (secondary N) is 1. The van der Waals surface area contributed by atoms with Gasteiger partial charge in [-0.3, -0.25) is 4.79 Å². The van der Waals surface area contributed by atoms with Crippen LogP contribution in [0.4, 0.5) is 0 Å². The fourth-order valence-corrected chi connectivity index (χ4v) is 3.25. The number of nitrogens with zero attached hydrogens (tertiary/aromatic N) is 2. The van der Waals surface area contributed by atoms with Crippen molar-refractivity contribution in [1.29, 1.82) is 0 Å². The monoisotopic (exact) mass is 335 g/mol. The summed E-state index contributed by atoms with van der Waals surface area (Å²) in [6.07, 6.45) is 2.01. The molecule has 23 heavy (non-hydrogen) atoms. The first-order valence-electron chi connectivity index (χ1n) is 7.37. The second-order valence-electron chi connectivity index (χ2n) is 5.65. The van der Waals surface area contributed by atoms with E-state index < -0.39 is 15.7 Å². The fourth-order valence-electron chi connectivity index (χ4n) is 2.01. The zero-order valence-electron chi connectivity index (χ0n) is 12.7. The summed E-state index contributed by atoms with van der Waals surface area (Å²) in [4.78, 5) is 15.9. The Balaban J connectivity index is 1.62. The fraction of sp³-hybridized carbons (Fsp3) is 0.400. The number of amides is 1. The molecule has 1 aromatic heterocycles. The second-order valence-corrected chi connectivity index (χ2v) is 7.75. The average Bonchev–Trinajstić information content (AvgIpc) is 3.19. The van der Waals surface area contributed by atoms with Crippen LogP contribution in [0.2, 0.25) is 0 Å². The molecule has 0 spiro atoms. The van der Waals surface area contributed by atoms with Crippen LogP contribution >= 0.6 is 0 Å². The van der Waals surface area contributed by atoms with Crippen LogP contribution in [0.1, 0.15) is 34.9 Å². The van der Waals surface area contributed by atoms with Crippen LogP contribution in [0.3, 0.4) is 0 Å². The number of carbonyl (C=O) groups excluding carboxylic acids is 1. The first-order valence-corrected chi connectivity index (χ1v) is 9.02. The molecule has 1 amide bonds. The van der Waals surface area contributed by atoms with Gasteiger partial charge in [-0.2, -0.15) is 4.98 Å². The largest absolute Gasteiger partial charge is 0.345 e. The standard InChI is InChI=1S/C15H17N3O4S/c1-10-2-6-12(7-3-10)23(20,21)9-8-13-17-15(22-18-13)14(19)16-11-4-5-11/h2-3,6-7,11H,4-5,8-9H2,1H3,(H,16,19). The van der Waals surface area contributed by atoms with Gasteiger partial charge in [0.05, 0.1) is 10.6 Å². The third-order valence-corrected chi connectivity index (χ3v) is 5.28. The highest BCUT2D eigenvalue weighted by Gasteiger charge is 2.26. The minimum Gasteiger partial charge on any atom is -0.345 e. The third-order valence-electron chi connectivity index (χ3n) is 3.55. The number of hydrogen-bond donors (Lipinski definition) is 1. The smallest absolute Gasteiger partial charge is 0.315 e. The molecule has 1 aromatic carbocycles. The van der Waals surface area contributed by atoms with E-state index in [2.05, 4.69) is 15.5 Å². The summed E-state index contributed by atoms with van der Waals surface area (Å²) < 4.78 is 29.4. The lowest BCUT2D eigenvalue weighted by Gasteiger charge is -2.03. The highest BCUT2D eigenvalue weighted by molar-refractivity contribution is 7.91. The van der Waals surface area contributed by atoms with Crippen molar-refractivity contribution in [1.82, 2.24) is 15.5 Å². The van der Waals surface area contributed by atoms with Gasteiger partial charge in [0.15, 0.2) is 15.7 Å². The minimum absolute atomic E-state index is 0.0937. The lowest BCUT2D eigenvalue weighted by Crippen LogP contribution is -2.25. The van der Waals surface area contributed by atoms with Gasteiger partial charge in [0.1, 0.15) is 0 Å². The number of rotatable bonds is 6. The summed E-state index contributed by atoms with van der Waals surface area (Å²) in [6.45, 7) is 1.89. The van der Waals surface area contributed by atoms with E-state index in [1.54, 1.807) is 24.3 Å². The number of sulfone groups is 1. The summed E-state index contributed by atoms with van der Waals surface area (Å²) in [5.41, 5.74) is 0.994. The van der Waals surface area contributed by atoms with Crippen molar-refractivity contribution in [3.8, 4) is 0 Å². The maximum Gasteiger partial charge on any atom is 0.315 e. The van der Waals surface area contributed by atoms with Gasteiger partial charge in [0.25, 0.3) is 0 Å². The molecule has 1 N–H and O–H groups in total. The van der Waals surface area contributed by atoms with Crippen molar-refractivity contribution in [2.24, 2.45) is 0 Å². The molecule has 2 aromatic rings. The van der Waals surface area contributed by atoms with E-state index in [0.717, 1.165) is 18.4 Å². The maximum absolute atomic E-state index is 12.2. The Morgan fingerprint density at radius 1 is 1.30 bits per heavy atom. The van der Waals surface area contributed by atoms with Crippen LogP contribution in [0, 0.1) is 6.92 Å². The van der Waals surface area contributed by atoms with E-state index in [4.69, 9.17) is 4.52 Å². The highest BCUT2D eigenvalue weighted by Crippen LogP contribution is 2.19. The Kier molecular flexibility index (Phi) is 4.16. The molecule has 0 saturated heterocycles. The molecule has 0 unspecified atom stereocenters. The van der Waals surface area contributed by atoms with E-state index in [1.165, 1.54) is 0 Å². The molecule has 0 atom stereocenters. The average molecular weight is 335 g/mol. The molecular formula is C15H17N3O4S. The van der Waals surface area contributed by atoms with Crippen molar-refractivity contribution in [2.75, 3.05) is 5.75 Å². The van der Waals surface area contributed by atoms with Gasteiger partial charge in [-0.1, -0.05) is 22.9 Å². The summed E-state index contributed by atoms with van der Waals surface area (Å²) in [6, 6.07) is 6.85. The van der Waals surface area contributed by atoms with Crippen molar-refractivity contribution < 1.29 is 17.7 Å². The second kappa shape index (κ2) is 6.11. The van der Waals surface area contributed by atoms with E-state index in [9.17, 15) is 13.2 Å². The van der Waals surface area contributed by atoms with Crippen LogP contribution in [-0.4, -0.2) is 36.3 Å². The van der Waals surface area contributed by atoms with Crippen molar-refractivity contribution in [3.05, 3.63) is 41.5 Å². The first-order chi connectivity index (χ1) is 10.9. The van der Waals surface area contributed by atoms with E-state index in [-0.39, 0.29) is 34.8 Å². The van der Waals surface area contributed by atoms with Crippen LogP contribution in [0.5, 0.6) is 0 Å². The summed E-state index contributed by atoms with van der Waals surface area (Å²) in [5.74, 6) is -0.465. The van der Waals surface area contributed by atoms with Gasteiger partial charge in [0, 0.05) is 12.5 Å². The van der Waals surface area contributed by atoms with E-state index in [1.807, 2.05) is 6.92 Å². The Morgan fingerprint density at radius 2 is 2.00 bits per heavy atom. The van der Waals surface area contributed by atoms with Gasteiger partial charge in [-0.15, -0.1) is 0 Å². The molecule has 1 fully saturated rings. The highest BCUT2D eigenvalue weighted by atomic mass is 32.2. The molecule has 8 heteroatoms. The van der Waals surface area contributed by atoms with Crippen LogP contribution < -0.4 is 5.32 Å². The maximum atomic E-state index is 12.2. The predicted octanol–water partition coefficient (Wildman–Crippen LogP) is 1.29. The van der Waals surface area contributed by atoms with Crippen molar-refractivity contribution in [3.63, 3.8) is 0 Å². The number of aromatic nitrogens is 2. The molecule has 1 aliphatic carbocycles. The number of aryl methyl sites for hydroxylation is 2. The normalized spacial score (nSPS) is 14.7. The van der Waals surface area contributed by atoms with Crippen molar-refractivity contribution in [2.45, 2.75) is 37.1 Å². The molecule has 1 aliphatic rings. The topological polar surface area (TPSA) is 102 Å². The lowest BCUT2D eigenvalue weighted by atomic mass is 10.2. The molecular weight excluding hydrogens is 318 g/mol. The van der Waals surface area contributed by atoms with Crippen molar-refractivity contribution >= 4 is 15.7 Å². The Bertz CT molecular complexity index is 808. The summed E-state index contributed by atoms with van der Waals surface area (Å²) in [5, 5.41) is 6.40. The van der Waals surface area contributed by atoms with Gasteiger partial charge in [-0.25, -0.2) is 8.42 Å². The molecule has 0 aliphatic heterocycles. The van der Waals surface area contributed by atoms with Crippen LogP contribution in [0.25, 0.3) is 0 Å². The first kappa shape index (κ1) is 15.7. The quantitative estimate of drug-likeness (QED) is 0.853. The SMILES string of the molecule is Cc1ccc(S(=O)(=O)CCc2noc(C(=O)NC3CC3)n2)cc1. The summed E-state index contributed by atoms with van der Waals surface area (Å²) in [7, 11) is -3.42. The molecule has 0 bridgehead atoms. The number of carbonyl (C=O) groups is 1. The number of benzene rings is 1. The van der Waals surface area contributed by atoms with E-state index >= 15 is 0 Å². The molecule has 7 nitrogen and oxygen atoms in total. The molecule has 122 valence electrons. The zero-order valence-corrected chi connectivity index (χ0v) is 13.5. The third kappa shape index (κ3) is 3.95. The van der Waals surface area contributed by atoms with E-state index in [0.29, 0.717) is 0 Å². The van der Waals surface area contributed by atoms with Gasteiger partial charge in [-0.05, 0) is 31.9 Å². The van der Waals surface area contributed by atoms with Gasteiger partial charge in [0.2, 0.25) is 0 Å². The van der Waals surface area contributed by atoms with Gasteiger partial charge < -0.3 is 9.84 Å². The minimum atomic E-state index is -3.42. The lowest BCUT2D eigenvalue weighted by molar-refractivity contribution is 0.0907. The molecule has 3 rings (SSSR count). The molecule has 1 heterocycles. The van der Waals surface area contributed by atoms with Crippen LogP contribution in [-0.2, 0) is 16.3 Å².